The molecule has 0 spiro atoms. The van der Waals surface area contributed by atoms with Crippen LogP contribution in [0.5, 0.6) is 0 Å². The van der Waals surface area contributed by atoms with Gasteiger partial charge in [0.05, 0.1) is 6.07 Å². The van der Waals surface area contributed by atoms with Crippen LogP contribution < -0.4 is 5.32 Å². The molecule has 3 nitrogen and oxygen atoms in total. The van der Waals surface area contributed by atoms with Crippen LogP contribution in [0.1, 0.15) is 65.7 Å². The maximum absolute atomic E-state index is 9.86. The molecule has 1 aliphatic heterocycles. The molecule has 2 aliphatic rings. The Balaban J connectivity index is 2.11. The number of nitrogens with one attached hydrogen (secondary N) is 1. The molecule has 1 aliphatic carbocycles. The van der Waals surface area contributed by atoms with Crippen LogP contribution in [-0.4, -0.2) is 35.6 Å². The summed E-state index contributed by atoms with van der Waals surface area (Å²) in [6, 6.07) is 3.72. The first-order valence-electron chi connectivity index (χ1n) is 8.54. The van der Waals surface area contributed by atoms with E-state index in [2.05, 4.69) is 37.1 Å². The number of hydrogen-bond acceptors (Lipinski definition) is 3. The third-order valence-corrected chi connectivity index (χ3v) is 4.94. The predicted octanol–water partition coefficient (Wildman–Crippen LogP) is 3.31. The average Bonchev–Trinajstić information content (AvgIpc) is 3.25. The molecule has 0 bridgehead atoms. The summed E-state index contributed by atoms with van der Waals surface area (Å²) < 4.78 is 0. The molecule has 2 fully saturated rings. The van der Waals surface area contributed by atoms with Crippen LogP contribution >= 0.6 is 0 Å². The maximum Gasteiger partial charge on any atom is 0.122 e. The lowest BCUT2D eigenvalue weighted by atomic mass is 9.92. The van der Waals surface area contributed by atoms with E-state index in [9.17, 15) is 5.26 Å². The molecule has 1 N–H and O–H groups in total. The van der Waals surface area contributed by atoms with E-state index in [1.807, 2.05) is 0 Å². The molecule has 0 aromatic heterocycles. The van der Waals surface area contributed by atoms with Crippen LogP contribution in [0.2, 0.25) is 0 Å². The summed E-state index contributed by atoms with van der Waals surface area (Å²) in [6.45, 7) is 8.71. The van der Waals surface area contributed by atoms with Crippen molar-refractivity contribution in [2.24, 2.45) is 5.92 Å². The lowest BCUT2D eigenvalue weighted by Gasteiger charge is -2.38. The third kappa shape index (κ3) is 3.74. The summed E-state index contributed by atoms with van der Waals surface area (Å²) >= 11 is 0. The van der Waals surface area contributed by atoms with E-state index in [0.717, 1.165) is 6.54 Å². The molecular formula is C17H31N3. The number of likely N-dealkylation sites (tertiary alicyclic amines) is 1. The van der Waals surface area contributed by atoms with Gasteiger partial charge in [-0.3, -0.25) is 10.2 Å². The highest BCUT2D eigenvalue weighted by molar-refractivity contribution is 5.17. The van der Waals surface area contributed by atoms with Crippen molar-refractivity contribution in [1.82, 2.24) is 10.2 Å². The Morgan fingerprint density at radius 1 is 1.25 bits per heavy atom. The van der Waals surface area contributed by atoms with Crippen molar-refractivity contribution in [3.63, 3.8) is 0 Å². The third-order valence-electron chi connectivity index (χ3n) is 4.94. The van der Waals surface area contributed by atoms with Crippen LogP contribution in [0.15, 0.2) is 0 Å². The number of hydrogen-bond donors (Lipinski definition) is 1. The minimum absolute atomic E-state index is 0.314. The molecule has 1 saturated heterocycles. The van der Waals surface area contributed by atoms with Gasteiger partial charge in [-0.25, -0.2) is 0 Å². The van der Waals surface area contributed by atoms with Gasteiger partial charge in [0.1, 0.15) is 5.54 Å². The van der Waals surface area contributed by atoms with E-state index in [-0.39, 0.29) is 5.54 Å². The van der Waals surface area contributed by atoms with Crippen LogP contribution in [0.25, 0.3) is 0 Å². The van der Waals surface area contributed by atoms with Gasteiger partial charge in [0.25, 0.3) is 0 Å². The van der Waals surface area contributed by atoms with Crippen LogP contribution in [-0.2, 0) is 0 Å². The monoisotopic (exact) mass is 277 g/mol. The van der Waals surface area contributed by atoms with Gasteiger partial charge < -0.3 is 0 Å². The second-order valence-electron chi connectivity index (χ2n) is 7.04. The summed E-state index contributed by atoms with van der Waals surface area (Å²) in [4.78, 5) is 2.62. The fourth-order valence-electron chi connectivity index (χ4n) is 3.77. The van der Waals surface area contributed by atoms with Crippen molar-refractivity contribution >= 4 is 0 Å². The highest BCUT2D eigenvalue weighted by Crippen LogP contribution is 2.41. The molecule has 20 heavy (non-hydrogen) atoms. The van der Waals surface area contributed by atoms with Crippen LogP contribution in [0.3, 0.4) is 0 Å². The molecule has 114 valence electrons. The lowest BCUT2D eigenvalue weighted by molar-refractivity contribution is 0.139. The van der Waals surface area contributed by atoms with Crippen molar-refractivity contribution in [3.8, 4) is 6.07 Å². The van der Waals surface area contributed by atoms with Crippen LogP contribution in [0, 0.1) is 17.2 Å². The minimum atomic E-state index is -0.314. The van der Waals surface area contributed by atoms with E-state index in [1.54, 1.807) is 0 Å². The molecule has 0 aromatic carbocycles. The Morgan fingerprint density at radius 3 is 2.55 bits per heavy atom. The van der Waals surface area contributed by atoms with Crippen molar-refractivity contribution < 1.29 is 0 Å². The number of nitrogens with zero attached hydrogens (tertiary/aromatic N) is 2. The normalized spacial score (nSPS) is 27.9. The molecule has 2 unspecified atom stereocenters. The molecule has 0 radical (unpaired) electrons. The summed E-state index contributed by atoms with van der Waals surface area (Å²) in [5.41, 5.74) is -0.314. The van der Waals surface area contributed by atoms with Crippen molar-refractivity contribution in [2.75, 3.05) is 13.1 Å². The summed E-state index contributed by atoms with van der Waals surface area (Å²) in [7, 11) is 0. The van der Waals surface area contributed by atoms with Gasteiger partial charge in [-0.2, -0.15) is 5.26 Å². The second-order valence-corrected chi connectivity index (χ2v) is 7.04. The SMILES string of the molecule is CCC1CCCCCN1CC(C#N)(NC(C)C)C1CC1. The van der Waals surface area contributed by atoms with E-state index >= 15 is 0 Å². The Morgan fingerprint density at radius 2 is 2.00 bits per heavy atom. The maximum atomic E-state index is 9.86. The van der Waals surface area contributed by atoms with Gasteiger partial charge in [-0.05, 0) is 58.4 Å². The highest BCUT2D eigenvalue weighted by Gasteiger charge is 2.47. The van der Waals surface area contributed by atoms with Gasteiger partial charge in [-0.1, -0.05) is 19.8 Å². The quantitative estimate of drug-likeness (QED) is 0.809. The minimum Gasteiger partial charge on any atom is -0.297 e. The highest BCUT2D eigenvalue weighted by atomic mass is 15.2. The Kier molecular flexibility index (Phi) is 5.46. The molecule has 0 amide bonds. The van der Waals surface area contributed by atoms with E-state index < -0.39 is 0 Å². The molecule has 2 atom stereocenters. The van der Waals surface area contributed by atoms with E-state index in [1.165, 1.54) is 51.5 Å². The van der Waals surface area contributed by atoms with Crippen LogP contribution in [0.4, 0.5) is 0 Å². The summed E-state index contributed by atoms with van der Waals surface area (Å²) in [6.07, 6.45) is 8.97. The Hall–Kier alpha value is -0.590. The molecular weight excluding hydrogens is 246 g/mol. The zero-order valence-corrected chi connectivity index (χ0v) is 13.5. The molecule has 3 heteroatoms. The van der Waals surface area contributed by atoms with Gasteiger partial charge >= 0.3 is 0 Å². The molecule has 2 rings (SSSR count). The van der Waals surface area contributed by atoms with Crippen molar-refractivity contribution in [1.29, 1.82) is 5.26 Å². The number of nitriles is 1. The fourth-order valence-corrected chi connectivity index (χ4v) is 3.77. The average molecular weight is 277 g/mol. The second kappa shape index (κ2) is 6.91. The molecule has 0 aromatic rings. The Labute approximate surface area is 124 Å². The summed E-state index contributed by atoms with van der Waals surface area (Å²) in [5, 5.41) is 13.5. The first kappa shape index (κ1) is 15.8. The molecule has 1 heterocycles. The van der Waals surface area contributed by atoms with Crippen molar-refractivity contribution in [3.05, 3.63) is 0 Å². The van der Waals surface area contributed by atoms with Gasteiger partial charge in [0.15, 0.2) is 0 Å². The van der Waals surface area contributed by atoms with Crippen molar-refractivity contribution in [2.45, 2.75) is 83.3 Å². The topological polar surface area (TPSA) is 39.1 Å². The largest absolute Gasteiger partial charge is 0.297 e. The summed E-state index contributed by atoms with van der Waals surface area (Å²) in [5.74, 6) is 0.565. The fraction of sp³-hybridized carbons (Fsp3) is 0.941. The first-order chi connectivity index (χ1) is 9.61. The first-order valence-corrected chi connectivity index (χ1v) is 8.54. The standard InChI is InChI=1S/C17H31N3/c1-4-16-8-6-5-7-11-20(16)13-17(12-18,15-9-10-15)19-14(2)3/h14-16,19H,4-11,13H2,1-3H3. The smallest absolute Gasteiger partial charge is 0.122 e. The van der Waals surface area contributed by atoms with Gasteiger partial charge in [0, 0.05) is 18.6 Å². The zero-order valence-electron chi connectivity index (χ0n) is 13.5. The predicted molar refractivity (Wildman–Crippen MR) is 83.5 cm³/mol. The molecule has 1 saturated carbocycles. The lowest BCUT2D eigenvalue weighted by Crippen LogP contribution is -2.58. The van der Waals surface area contributed by atoms with E-state index in [0.29, 0.717) is 18.0 Å². The number of rotatable bonds is 6. The Bertz CT molecular complexity index is 343. The van der Waals surface area contributed by atoms with Gasteiger partial charge in [-0.15, -0.1) is 0 Å². The van der Waals surface area contributed by atoms with E-state index in [4.69, 9.17) is 0 Å². The zero-order chi connectivity index (χ0) is 14.6. The van der Waals surface area contributed by atoms with Gasteiger partial charge in [0.2, 0.25) is 0 Å².